The van der Waals surface area contributed by atoms with Crippen molar-refractivity contribution < 1.29 is 18.3 Å². The number of hydrogen-bond donors (Lipinski definition) is 0. The van der Waals surface area contributed by atoms with Gasteiger partial charge in [0.2, 0.25) is 0 Å². The fourth-order valence-corrected chi connectivity index (χ4v) is 0.411. The molecule has 0 saturated heterocycles. The van der Waals surface area contributed by atoms with E-state index in [0.29, 0.717) is 0 Å². The van der Waals surface area contributed by atoms with E-state index < -0.39 is 0 Å². The third-order valence-corrected chi connectivity index (χ3v) is 1.03. The Morgan fingerprint density at radius 1 is 1.80 bits per heavy atom. The van der Waals surface area contributed by atoms with E-state index in [2.05, 4.69) is 0 Å². The predicted octanol–water partition coefficient (Wildman–Crippen LogP) is 0.865. The van der Waals surface area contributed by atoms with Crippen LogP contribution in [0, 0.1) is 11.3 Å². The molecule has 0 aromatic carbocycles. The molecule has 0 aromatic rings. The minimum atomic E-state index is 0.750. The topological polar surface area (TPSA) is 23.8 Å². The van der Waals surface area contributed by atoms with Gasteiger partial charge in [-0.25, -0.2) is 0 Å². The second-order valence-corrected chi connectivity index (χ2v) is 2.25. The molecule has 0 aliphatic carbocycles. The van der Waals surface area contributed by atoms with Crippen molar-refractivity contribution in [3.8, 4) is 6.07 Å². The Balaban J connectivity index is 2.48. The van der Waals surface area contributed by atoms with E-state index in [0.717, 1.165) is 11.4 Å². The molecule has 0 fully saturated rings. The number of nitriles is 1. The molecule has 23 valence electrons. The summed E-state index contributed by atoms with van der Waals surface area (Å²) in [5.41, 5.74) is 0. The molecule has 0 N–H and O–H groups in total. The van der Waals surface area contributed by atoms with E-state index >= 15 is 0 Å². The van der Waals surface area contributed by atoms with Gasteiger partial charge in [0.25, 0.3) is 0 Å². The first kappa shape index (κ1) is 5.11. The summed E-state index contributed by atoms with van der Waals surface area (Å²) in [6.45, 7) is 0. The van der Waals surface area contributed by atoms with Crippen LogP contribution in [0.3, 0.4) is 0 Å². The maximum atomic E-state index is 7.84. The van der Waals surface area contributed by atoms with E-state index in [1.54, 1.807) is 0 Å². The van der Waals surface area contributed by atoms with Crippen molar-refractivity contribution in [1.29, 1.82) is 5.26 Å². The van der Waals surface area contributed by atoms with Gasteiger partial charge < -0.3 is 0 Å². The number of rotatable bonds is 1. The Morgan fingerprint density at radius 3 is 2.40 bits per heavy atom. The summed E-state index contributed by atoms with van der Waals surface area (Å²) >= 11 is 1.26. The van der Waals surface area contributed by atoms with Gasteiger partial charge in [-0.15, -0.1) is 0 Å². The van der Waals surface area contributed by atoms with Crippen LogP contribution in [0.2, 0.25) is 5.02 Å². The van der Waals surface area contributed by atoms with Gasteiger partial charge in [-0.1, -0.05) is 0 Å². The molecule has 0 aliphatic heterocycles. The van der Waals surface area contributed by atoms with Crippen molar-refractivity contribution in [1.82, 2.24) is 0 Å². The van der Waals surface area contributed by atoms with Crippen molar-refractivity contribution in [2.45, 2.75) is 11.4 Å². The Bertz CT molecular complexity index is 45.3. The Morgan fingerprint density at radius 2 is 2.40 bits per heavy atom. The minimum absolute atomic E-state index is 0.750. The summed E-state index contributed by atoms with van der Waals surface area (Å²) in [6.07, 6.45) is 0.750. The molecule has 0 aliphatic rings. The first-order chi connectivity index (χ1) is 2.41. The van der Waals surface area contributed by atoms with Gasteiger partial charge in [0.1, 0.15) is 0 Å². The molecule has 0 spiro atoms. The van der Waals surface area contributed by atoms with Gasteiger partial charge in [-0.05, 0) is 0 Å². The van der Waals surface area contributed by atoms with Crippen LogP contribution in [-0.2, 0) is 18.3 Å². The zero-order valence-corrected chi connectivity index (χ0v) is 6.04. The van der Waals surface area contributed by atoms with Crippen LogP contribution >= 0.6 is 0 Å². The third-order valence-electron chi connectivity index (χ3n) is 0.289. The van der Waals surface area contributed by atoms with Gasteiger partial charge in [0.15, 0.2) is 0 Å². The normalized spacial score (nSPS) is 6.60. The summed E-state index contributed by atoms with van der Waals surface area (Å²) in [4.78, 5) is 0. The van der Waals surface area contributed by atoms with E-state index in [-0.39, 0.29) is 0 Å². The van der Waals surface area contributed by atoms with Crippen LogP contribution in [0.5, 0.6) is 0 Å². The molecular formula is C3H4NZn. The molecule has 1 nitrogen and oxygen atoms in total. The summed E-state index contributed by atoms with van der Waals surface area (Å²) in [5.74, 6) is 0. The summed E-state index contributed by atoms with van der Waals surface area (Å²) < 4.78 is 0. The summed E-state index contributed by atoms with van der Waals surface area (Å²) in [5, 5.41) is 8.94. The van der Waals surface area contributed by atoms with Crippen LogP contribution in [0.15, 0.2) is 0 Å². The van der Waals surface area contributed by atoms with Crippen molar-refractivity contribution in [2.24, 2.45) is 0 Å². The SMILES string of the molecule is N#CC[CH2][Zn]. The van der Waals surface area contributed by atoms with Crippen molar-refractivity contribution >= 4 is 0 Å². The molecular weight excluding hydrogens is 115 g/mol. The first-order valence-electron chi connectivity index (χ1n) is 1.58. The molecule has 5 heavy (non-hydrogen) atoms. The van der Waals surface area contributed by atoms with Crippen LogP contribution in [0.25, 0.3) is 0 Å². The van der Waals surface area contributed by atoms with Crippen molar-refractivity contribution in [3.63, 3.8) is 0 Å². The van der Waals surface area contributed by atoms with Crippen LogP contribution < -0.4 is 0 Å². The quantitative estimate of drug-likeness (QED) is 0.470. The van der Waals surface area contributed by atoms with Gasteiger partial charge in [-0.2, -0.15) is 0 Å². The van der Waals surface area contributed by atoms with E-state index in [4.69, 9.17) is 5.26 Å². The fraction of sp³-hybridized carbons (Fsp3) is 0.667. The van der Waals surface area contributed by atoms with Crippen molar-refractivity contribution in [3.05, 3.63) is 0 Å². The average molecular weight is 119 g/mol. The summed E-state index contributed by atoms with van der Waals surface area (Å²) in [6, 6.07) is 2.05. The maximum absolute atomic E-state index is 7.84. The predicted molar refractivity (Wildman–Crippen MR) is 15.0 cm³/mol. The zero-order chi connectivity index (χ0) is 4.12. The van der Waals surface area contributed by atoms with E-state index in [9.17, 15) is 0 Å². The zero-order valence-electron chi connectivity index (χ0n) is 3.07. The van der Waals surface area contributed by atoms with Gasteiger partial charge >= 0.3 is 41.1 Å². The molecule has 0 unspecified atom stereocenters. The van der Waals surface area contributed by atoms with Crippen LogP contribution in [-0.4, -0.2) is 0 Å². The average Bonchev–Trinajstić information content (AvgIpc) is 1.41. The van der Waals surface area contributed by atoms with E-state index in [1.165, 1.54) is 18.3 Å². The van der Waals surface area contributed by atoms with Gasteiger partial charge in [-0.3, -0.25) is 0 Å². The Labute approximate surface area is 41.7 Å². The molecule has 2 heteroatoms. The van der Waals surface area contributed by atoms with Gasteiger partial charge in [0, 0.05) is 0 Å². The molecule has 0 saturated carbocycles. The molecule has 0 heterocycles. The monoisotopic (exact) mass is 118 g/mol. The number of hydrogen-bond acceptors (Lipinski definition) is 1. The standard InChI is InChI=1S/C3H4N.Zn/c1-2-3-4;/h1-2H2;. The molecule has 0 radical (unpaired) electrons. The molecule has 0 bridgehead atoms. The first-order valence-corrected chi connectivity index (χ1v) is 3.68. The van der Waals surface area contributed by atoms with Gasteiger partial charge in [0.05, 0.1) is 0 Å². The molecule has 0 rings (SSSR count). The van der Waals surface area contributed by atoms with Crippen molar-refractivity contribution in [2.75, 3.05) is 0 Å². The third kappa shape index (κ3) is 4.11. The second-order valence-electron chi connectivity index (χ2n) is 0.762. The fourth-order valence-electron chi connectivity index (χ4n) is 0.0791. The molecule has 0 amide bonds. The Hall–Kier alpha value is 0.113. The van der Waals surface area contributed by atoms with Crippen LogP contribution in [0.4, 0.5) is 0 Å². The van der Waals surface area contributed by atoms with Crippen LogP contribution in [0.1, 0.15) is 6.42 Å². The van der Waals surface area contributed by atoms with E-state index in [1.807, 2.05) is 6.07 Å². The Kier molecular flexibility index (Phi) is 4.21. The molecule has 0 aromatic heterocycles. The summed E-state index contributed by atoms with van der Waals surface area (Å²) in [7, 11) is 0. The molecule has 0 atom stereocenters. The second kappa shape index (κ2) is 4.11. The number of nitrogens with zero attached hydrogens (tertiary/aromatic N) is 1.